The second kappa shape index (κ2) is 6.52. The second-order valence-corrected chi connectivity index (χ2v) is 6.57. The van der Waals surface area contributed by atoms with Crippen molar-refractivity contribution in [2.45, 2.75) is 38.3 Å². The van der Waals surface area contributed by atoms with Crippen LogP contribution in [0.4, 0.5) is 0 Å². The van der Waals surface area contributed by atoms with E-state index in [9.17, 15) is 0 Å². The third kappa shape index (κ3) is 8.11. The molecule has 0 rings (SSSR count). The van der Waals surface area contributed by atoms with Crippen LogP contribution in [0.2, 0.25) is 11.6 Å². The summed E-state index contributed by atoms with van der Waals surface area (Å²) in [6.45, 7) is 9.69. The summed E-state index contributed by atoms with van der Waals surface area (Å²) in [5.74, 6) is 4.68. The van der Waals surface area contributed by atoms with Gasteiger partial charge in [-0.15, -0.1) is 16.5 Å². The summed E-state index contributed by atoms with van der Waals surface area (Å²) in [5, 5.41) is 0. The fraction of sp³-hybridized carbons (Fsp3) is 0.545. The van der Waals surface area contributed by atoms with Crippen molar-refractivity contribution in [3.05, 3.63) is 29.1 Å². The molecule has 0 N–H and O–H groups in total. The van der Waals surface area contributed by atoms with Gasteiger partial charge in [0, 0.05) is 0 Å². The van der Waals surface area contributed by atoms with Crippen LogP contribution >= 0.6 is 0 Å². The summed E-state index contributed by atoms with van der Waals surface area (Å²) in [6.07, 6.45) is 4.35. The Kier molecular flexibility index (Phi) is 6.53. The fourth-order valence-electron chi connectivity index (χ4n) is 1.18. The first-order valence-electron chi connectivity index (χ1n) is 4.62. The molecule has 0 aliphatic heterocycles. The molecule has 0 amide bonds. The zero-order valence-electron chi connectivity index (χ0n) is 8.72. The highest BCUT2D eigenvalue weighted by molar-refractivity contribution is 6.61. The smallest absolute Gasteiger partial charge is 0.146 e. The maximum atomic E-state index is 5.53. The third-order valence-corrected chi connectivity index (χ3v) is 2.86. The van der Waals surface area contributed by atoms with E-state index in [0.717, 1.165) is 12.0 Å². The molecule has 2 radical (unpaired) electrons. The van der Waals surface area contributed by atoms with Crippen LogP contribution in [-0.2, 0) is 0 Å². The van der Waals surface area contributed by atoms with Crippen LogP contribution in [0.5, 0.6) is 0 Å². The molecule has 0 atom stereocenters. The van der Waals surface area contributed by atoms with E-state index in [4.69, 9.17) is 6.92 Å². The van der Waals surface area contributed by atoms with E-state index in [2.05, 4.69) is 29.5 Å². The Morgan fingerprint density at radius 2 is 1.92 bits per heavy atom. The SMILES string of the molecule is [CH]/C(C)=C/CC/C(C)=[CH]\[Al]([CH3])[CH3]. The average Bonchev–Trinajstić information content (AvgIpc) is 1.84. The number of hydrogen-bond donors (Lipinski definition) is 0. The van der Waals surface area contributed by atoms with Gasteiger partial charge in [0.05, 0.1) is 0 Å². The molecule has 0 aromatic rings. The molecule has 0 fully saturated rings. The van der Waals surface area contributed by atoms with Crippen LogP contribution < -0.4 is 0 Å². The molecule has 0 aromatic heterocycles. The van der Waals surface area contributed by atoms with Gasteiger partial charge in [0.25, 0.3) is 14.1 Å². The van der Waals surface area contributed by atoms with Gasteiger partial charge in [-0.25, -0.2) is 0 Å². The van der Waals surface area contributed by atoms with Crippen molar-refractivity contribution in [1.29, 1.82) is 0 Å². The Labute approximate surface area is 81.8 Å². The van der Waals surface area contributed by atoms with Crippen molar-refractivity contribution in [2.75, 3.05) is 0 Å². The standard InChI is InChI=1S/C9H13.2CH3.Al/c1-8(2)6-5-7-9(3)4;;;/h1,3,6H,5,7H2,2,4H3;2*1H3;/b8-6-,9-3?;;;. The molecule has 0 unspecified atom stereocenters. The van der Waals surface area contributed by atoms with Crippen molar-refractivity contribution in [1.82, 2.24) is 0 Å². The number of allylic oxidation sites excluding steroid dienone is 3. The summed E-state index contributed by atoms with van der Waals surface area (Å²) in [6, 6.07) is 0. The van der Waals surface area contributed by atoms with Crippen LogP contribution in [0.25, 0.3) is 0 Å². The minimum absolute atomic E-state index is 0.510. The average molecular weight is 178 g/mol. The Balaban J connectivity index is 3.71. The zero-order chi connectivity index (χ0) is 9.56. The molecule has 0 nitrogen and oxygen atoms in total. The topological polar surface area (TPSA) is 0 Å². The van der Waals surface area contributed by atoms with Gasteiger partial charge in [0.15, 0.2) is 0 Å². The molecule has 0 aliphatic carbocycles. The Morgan fingerprint density at radius 3 is 2.33 bits per heavy atom. The molecule has 0 heterocycles. The van der Waals surface area contributed by atoms with E-state index in [-0.39, 0.29) is 0 Å². The normalized spacial score (nSPS) is 13.4. The van der Waals surface area contributed by atoms with Gasteiger partial charge in [-0.3, -0.25) is 0 Å². The molecule has 0 bridgehead atoms. The minimum Gasteiger partial charge on any atom is -0.146 e. The predicted octanol–water partition coefficient (Wildman–Crippen LogP) is 3.66. The van der Waals surface area contributed by atoms with Crippen molar-refractivity contribution in [3.63, 3.8) is 0 Å². The van der Waals surface area contributed by atoms with Gasteiger partial charge in [0.2, 0.25) is 0 Å². The second-order valence-electron chi connectivity index (χ2n) is 3.74. The van der Waals surface area contributed by atoms with E-state index in [1.165, 1.54) is 12.0 Å². The van der Waals surface area contributed by atoms with Gasteiger partial charge in [-0.1, -0.05) is 17.2 Å². The van der Waals surface area contributed by atoms with Crippen molar-refractivity contribution in [2.24, 2.45) is 0 Å². The molecule has 0 aliphatic rings. The number of rotatable bonds is 4. The molecule has 0 spiro atoms. The molecule has 0 saturated heterocycles. The highest BCUT2D eigenvalue weighted by Gasteiger charge is 1.96. The maximum Gasteiger partial charge on any atom is 0.288 e. The van der Waals surface area contributed by atoms with Crippen LogP contribution in [0, 0.1) is 6.92 Å². The van der Waals surface area contributed by atoms with E-state index in [1.807, 2.05) is 6.92 Å². The lowest BCUT2D eigenvalue weighted by atomic mass is 10.1. The Morgan fingerprint density at radius 1 is 1.33 bits per heavy atom. The summed E-state index contributed by atoms with van der Waals surface area (Å²) < 4.78 is 0. The summed E-state index contributed by atoms with van der Waals surface area (Å²) in [7, 11) is 0. The maximum absolute atomic E-state index is 5.53. The molecular weight excluding hydrogens is 159 g/mol. The van der Waals surface area contributed by atoms with Gasteiger partial charge < -0.3 is 0 Å². The molecule has 12 heavy (non-hydrogen) atoms. The van der Waals surface area contributed by atoms with Crippen molar-refractivity contribution in [3.8, 4) is 0 Å². The molecule has 0 saturated carbocycles. The van der Waals surface area contributed by atoms with Crippen molar-refractivity contribution < 1.29 is 0 Å². The molecule has 0 aromatic carbocycles. The van der Waals surface area contributed by atoms with Crippen molar-refractivity contribution >= 4 is 14.1 Å². The highest BCUT2D eigenvalue weighted by atomic mass is 27.2. The van der Waals surface area contributed by atoms with Gasteiger partial charge >= 0.3 is 0 Å². The van der Waals surface area contributed by atoms with Crippen LogP contribution in [0.15, 0.2) is 22.2 Å². The monoisotopic (exact) mass is 178 g/mol. The lowest BCUT2D eigenvalue weighted by Crippen LogP contribution is -1.95. The summed E-state index contributed by atoms with van der Waals surface area (Å²) in [4.78, 5) is 2.44. The zero-order valence-corrected chi connectivity index (χ0v) is 9.88. The Hall–Kier alpha value is 0.0125. The van der Waals surface area contributed by atoms with Crippen LogP contribution in [0.3, 0.4) is 0 Å². The van der Waals surface area contributed by atoms with E-state index in [0.29, 0.717) is 0 Å². The summed E-state index contributed by atoms with van der Waals surface area (Å²) >= 11 is -0.510. The first-order valence-corrected chi connectivity index (χ1v) is 7.59. The first kappa shape index (κ1) is 12.0. The van der Waals surface area contributed by atoms with E-state index < -0.39 is 14.1 Å². The molecule has 66 valence electrons. The predicted molar refractivity (Wildman–Crippen MR) is 58.5 cm³/mol. The van der Waals surface area contributed by atoms with Gasteiger partial charge in [-0.05, 0) is 33.6 Å². The third-order valence-electron chi connectivity index (χ3n) is 1.62. The van der Waals surface area contributed by atoms with E-state index >= 15 is 0 Å². The lowest BCUT2D eigenvalue weighted by molar-refractivity contribution is 0.973. The summed E-state index contributed by atoms with van der Waals surface area (Å²) in [5.41, 5.74) is 2.46. The number of hydrogen-bond acceptors (Lipinski definition) is 0. The fourth-order valence-corrected chi connectivity index (χ4v) is 2.48. The molecular formula is C11H19Al. The van der Waals surface area contributed by atoms with Gasteiger partial charge in [-0.2, -0.15) is 0 Å². The van der Waals surface area contributed by atoms with Crippen LogP contribution in [0.1, 0.15) is 26.7 Å². The first-order chi connectivity index (χ1) is 5.52. The largest absolute Gasteiger partial charge is 0.288 e. The highest BCUT2D eigenvalue weighted by Crippen LogP contribution is 2.06. The van der Waals surface area contributed by atoms with E-state index in [1.54, 1.807) is 0 Å². The molecule has 1 heteroatoms. The lowest BCUT2D eigenvalue weighted by Gasteiger charge is -1.98. The van der Waals surface area contributed by atoms with Crippen LogP contribution in [-0.4, -0.2) is 14.1 Å². The quantitative estimate of drug-likeness (QED) is 0.576. The Bertz CT molecular complexity index is 171. The van der Waals surface area contributed by atoms with Gasteiger partial charge in [0.1, 0.15) is 0 Å². The minimum atomic E-state index is -0.510.